The zero-order chi connectivity index (χ0) is 15.2. The minimum absolute atomic E-state index is 0.176. The van der Waals surface area contributed by atoms with Crippen LogP contribution in [0.25, 0.3) is 11.3 Å². The maximum atomic E-state index is 11.7. The van der Waals surface area contributed by atoms with Crippen molar-refractivity contribution in [3.63, 3.8) is 0 Å². The van der Waals surface area contributed by atoms with Crippen LogP contribution in [0.2, 0.25) is 0 Å². The van der Waals surface area contributed by atoms with Gasteiger partial charge in [-0.05, 0) is 11.4 Å². The SMILES string of the molecule is O=C(NCc1cccs1)NCc1nc(-c2ccccc2)cs1. The van der Waals surface area contributed by atoms with Crippen LogP contribution in [0.1, 0.15) is 9.88 Å². The molecule has 0 spiro atoms. The van der Waals surface area contributed by atoms with Gasteiger partial charge in [0.1, 0.15) is 5.01 Å². The quantitative estimate of drug-likeness (QED) is 0.746. The van der Waals surface area contributed by atoms with Crippen LogP contribution in [-0.2, 0) is 13.1 Å². The standard InChI is InChI=1S/C16H15N3OS2/c20-16(17-9-13-7-4-8-21-13)18-10-15-19-14(11-22-15)12-5-2-1-3-6-12/h1-8,11H,9-10H2,(H2,17,18,20). The van der Waals surface area contributed by atoms with Gasteiger partial charge in [0.05, 0.1) is 18.8 Å². The summed E-state index contributed by atoms with van der Waals surface area (Å²) in [5, 5.41) is 10.6. The maximum absolute atomic E-state index is 11.7. The van der Waals surface area contributed by atoms with Crippen molar-refractivity contribution < 1.29 is 4.79 Å². The number of carbonyl (C=O) groups excluding carboxylic acids is 1. The van der Waals surface area contributed by atoms with Gasteiger partial charge in [0, 0.05) is 15.8 Å². The zero-order valence-electron chi connectivity index (χ0n) is 11.8. The second kappa shape index (κ2) is 7.20. The van der Waals surface area contributed by atoms with Crippen molar-refractivity contribution in [2.24, 2.45) is 0 Å². The van der Waals surface area contributed by atoms with E-state index >= 15 is 0 Å². The molecule has 112 valence electrons. The van der Waals surface area contributed by atoms with Crippen molar-refractivity contribution >= 4 is 28.7 Å². The van der Waals surface area contributed by atoms with Gasteiger partial charge in [-0.25, -0.2) is 9.78 Å². The van der Waals surface area contributed by atoms with Crippen LogP contribution in [0.3, 0.4) is 0 Å². The number of amides is 2. The highest BCUT2D eigenvalue weighted by Gasteiger charge is 2.06. The lowest BCUT2D eigenvalue weighted by Crippen LogP contribution is -2.34. The topological polar surface area (TPSA) is 54.0 Å². The molecule has 2 amide bonds. The van der Waals surface area contributed by atoms with Crippen molar-refractivity contribution in [1.29, 1.82) is 0 Å². The molecule has 0 saturated heterocycles. The molecular formula is C16H15N3OS2. The van der Waals surface area contributed by atoms with Crippen LogP contribution in [0.4, 0.5) is 4.79 Å². The highest BCUT2D eigenvalue weighted by Crippen LogP contribution is 2.21. The number of hydrogen-bond donors (Lipinski definition) is 2. The molecule has 0 fully saturated rings. The minimum Gasteiger partial charge on any atom is -0.333 e. The van der Waals surface area contributed by atoms with Gasteiger partial charge in [-0.15, -0.1) is 22.7 Å². The monoisotopic (exact) mass is 329 g/mol. The minimum atomic E-state index is -0.176. The molecule has 4 nitrogen and oxygen atoms in total. The molecule has 0 saturated carbocycles. The summed E-state index contributed by atoms with van der Waals surface area (Å²) in [5.74, 6) is 0. The van der Waals surface area contributed by atoms with Gasteiger partial charge < -0.3 is 10.6 Å². The third-order valence-electron chi connectivity index (χ3n) is 3.02. The normalized spacial score (nSPS) is 10.4. The summed E-state index contributed by atoms with van der Waals surface area (Å²) in [6.45, 7) is 0.990. The summed E-state index contributed by atoms with van der Waals surface area (Å²) < 4.78 is 0. The first kappa shape index (κ1) is 14.7. The molecule has 0 aliphatic heterocycles. The molecule has 0 radical (unpaired) electrons. The van der Waals surface area contributed by atoms with Gasteiger partial charge in [0.25, 0.3) is 0 Å². The summed E-state index contributed by atoms with van der Waals surface area (Å²) in [6, 6.07) is 13.8. The Morgan fingerprint density at radius 1 is 1.00 bits per heavy atom. The predicted molar refractivity (Wildman–Crippen MR) is 90.9 cm³/mol. The lowest BCUT2D eigenvalue weighted by atomic mass is 10.2. The van der Waals surface area contributed by atoms with Crippen molar-refractivity contribution in [2.75, 3.05) is 0 Å². The molecule has 3 rings (SSSR count). The van der Waals surface area contributed by atoms with Crippen LogP contribution in [0.5, 0.6) is 0 Å². The molecule has 6 heteroatoms. The predicted octanol–water partition coefficient (Wildman–Crippen LogP) is 3.87. The Kier molecular flexibility index (Phi) is 4.82. The fourth-order valence-electron chi connectivity index (χ4n) is 1.93. The van der Waals surface area contributed by atoms with Gasteiger partial charge >= 0.3 is 6.03 Å². The highest BCUT2D eigenvalue weighted by atomic mass is 32.1. The third kappa shape index (κ3) is 3.93. The van der Waals surface area contributed by atoms with E-state index in [1.165, 1.54) is 0 Å². The summed E-state index contributed by atoms with van der Waals surface area (Å²) in [4.78, 5) is 17.4. The van der Waals surface area contributed by atoms with Crippen LogP contribution >= 0.6 is 22.7 Å². The number of benzene rings is 1. The van der Waals surface area contributed by atoms with Gasteiger partial charge in [-0.2, -0.15) is 0 Å². The van der Waals surface area contributed by atoms with E-state index in [1.807, 2.05) is 53.2 Å². The first-order chi connectivity index (χ1) is 10.8. The number of nitrogens with zero attached hydrogens (tertiary/aromatic N) is 1. The first-order valence-electron chi connectivity index (χ1n) is 6.85. The number of carbonyl (C=O) groups is 1. The van der Waals surface area contributed by atoms with Crippen LogP contribution in [-0.4, -0.2) is 11.0 Å². The number of rotatable bonds is 5. The van der Waals surface area contributed by atoms with E-state index in [9.17, 15) is 4.79 Å². The van der Waals surface area contributed by atoms with Crippen molar-refractivity contribution in [1.82, 2.24) is 15.6 Å². The van der Waals surface area contributed by atoms with E-state index in [0.29, 0.717) is 13.1 Å². The largest absolute Gasteiger partial charge is 0.333 e. The molecule has 2 N–H and O–H groups in total. The molecule has 0 unspecified atom stereocenters. The smallest absolute Gasteiger partial charge is 0.315 e. The molecule has 22 heavy (non-hydrogen) atoms. The average Bonchev–Trinajstić information content (AvgIpc) is 3.23. The lowest BCUT2D eigenvalue weighted by molar-refractivity contribution is 0.240. The first-order valence-corrected chi connectivity index (χ1v) is 8.61. The highest BCUT2D eigenvalue weighted by molar-refractivity contribution is 7.10. The van der Waals surface area contributed by atoms with Gasteiger partial charge in [-0.1, -0.05) is 36.4 Å². The van der Waals surface area contributed by atoms with Crippen LogP contribution < -0.4 is 10.6 Å². The van der Waals surface area contributed by atoms with E-state index in [1.54, 1.807) is 22.7 Å². The van der Waals surface area contributed by atoms with Gasteiger partial charge in [-0.3, -0.25) is 0 Å². The fraction of sp³-hybridized carbons (Fsp3) is 0.125. The molecule has 3 aromatic rings. The van der Waals surface area contributed by atoms with Gasteiger partial charge in [0.2, 0.25) is 0 Å². The molecule has 0 aliphatic rings. The molecule has 0 atom stereocenters. The second-order valence-corrected chi connectivity index (χ2v) is 6.58. The maximum Gasteiger partial charge on any atom is 0.315 e. The zero-order valence-corrected chi connectivity index (χ0v) is 13.4. The van der Waals surface area contributed by atoms with Crippen LogP contribution in [0, 0.1) is 0 Å². The Balaban J connectivity index is 1.49. The fourth-order valence-corrected chi connectivity index (χ4v) is 3.32. The second-order valence-electron chi connectivity index (χ2n) is 4.61. The Hall–Kier alpha value is -2.18. The summed E-state index contributed by atoms with van der Waals surface area (Å²) in [5.41, 5.74) is 2.04. The molecule has 0 aliphatic carbocycles. The number of nitrogens with one attached hydrogen (secondary N) is 2. The summed E-state index contributed by atoms with van der Waals surface area (Å²) in [6.07, 6.45) is 0. The number of thiophene rings is 1. The summed E-state index contributed by atoms with van der Waals surface area (Å²) in [7, 11) is 0. The molecule has 0 bridgehead atoms. The lowest BCUT2D eigenvalue weighted by Gasteiger charge is -2.04. The van der Waals surface area contributed by atoms with Crippen LogP contribution in [0.15, 0.2) is 53.2 Å². The van der Waals surface area contributed by atoms with Crippen molar-refractivity contribution in [3.05, 3.63) is 63.1 Å². The molecule has 1 aromatic carbocycles. The van der Waals surface area contributed by atoms with Crippen molar-refractivity contribution in [2.45, 2.75) is 13.1 Å². The number of aromatic nitrogens is 1. The average molecular weight is 329 g/mol. The molecule has 2 aromatic heterocycles. The Morgan fingerprint density at radius 3 is 2.59 bits per heavy atom. The Bertz CT molecular complexity index is 723. The van der Waals surface area contributed by atoms with E-state index in [2.05, 4.69) is 15.6 Å². The van der Waals surface area contributed by atoms with E-state index in [4.69, 9.17) is 0 Å². The third-order valence-corrected chi connectivity index (χ3v) is 4.75. The van der Waals surface area contributed by atoms with E-state index in [0.717, 1.165) is 21.1 Å². The number of hydrogen-bond acceptors (Lipinski definition) is 4. The molecule has 2 heterocycles. The van der Waals surface area contributed by atoms with E-state index < -0.39 is 0 Å². The number of thiazole rings is 1. The molecular weight excluding hydrogens is 314 g/mol. The van der Waals surface area contributed by atoms with Crippen molar-refractivity contribution in [3.8, 4) is 11.3 Å². The van der Waals surface area contributed by atoms with Gasteiger partial charge in [0.15, 0.2) is 0 Å². The Morgan fingerprint density at radius 2 is 1.82 bits per heavy atom. The number of urea groups is 1. The summed E-state index contributed by atoms with van der Waals surface area (Å²) >= 11 is 3.18. The Labute approximate surface area is 136 Å². The van der Waals surface area contributed by atoms with E-state index in [-0.39, 0.29) is 6.03 Å².